The van der Waals surface area contributed by atoms with Gasteiger partial charge in [-0.3, -0.25) is 14.4 Å². The highest BCUT2D eigenvalue weighted by atomic mass is 79.9. The van der Waals surface area contributed by atoms with Gasteiger partial charge in [0.15, 0.2) is 0 Å². The zero-order valence-electron chi connectivity index (χ0n) is 22.1. The Morgan fingerprint density at radius 3 is 2.38 bits per heavy atom. The first-order valence-corrected chi connectivity index (χ1v) is 14.9. The van der Waals surface area contributed by atoms with Gasteiger partial charge in [0.1, 0.15) is 17.4 Å². The fraction of sp³-hybridized carbons (Fsp3) is 0.483. The number of aliphatic hydroxyl groups is 1. The predicted molar refractivity (Wildman–Crippen MR) is 155 cm³/mol. The van der Waals surface area contributed by atoms with Crippen molar-refractivity contribution in [3.8, 4) is 5.75 Å². The number of unbranched alkanes of at least 4 members (excludes halogenated alkanes) is 2. The van der Waals surface area contributed by atoms with E-state index in [-0.39, 0.29) is 29.2 Å². The zero-order valence-corrected chi connectivity index (χ0v) is 24.5. The lowest BCUT2D eigenvalue weighted by Gasteiger charge is -2.34. The molecule has 2 aromatic rings. The third-order valence-corrected chi connectivity index (χ3v) is 9.04. The number of rotatable bonds is 11. The van der Waals surface area contributed by atoms with E-state index in [1.807, 2.05) is 6.92 Å². The minimum atomic E-state index is -1.15. The Balaban J connectivity index is 1.42. The lowest BCUT2D eigenvalue weighted by Crippen LogP contribution is -2.54. The molecule has 214 valence electrons. The van der Waals surface area contributed by atoms with Crippen LogP contribution < -0.4 is 15.4 Å². The average Bonchev–Trinajstić information content (AvgIpc) is 3.52. The van der Waals surface area contributed by atoms with E-state index in [4.69, 9.17) is 21.1 Å². The summed E-state index contributed by atoms with van der Waals surface area (Å²) in [6.45, 7) is 2.82. The molecule has 2 bridgehead atoms. The van der Waals surface area contributed by atoms with Crippen molar-refractivity contribution in [1.82, 2.24) is 4.90 Å². The molecule has 3 amide bonds. The first kappa shape index (κ1) is 28.9. The van der Waals surface area contributed by atoms with Crippen molar-refractivity contribution in [3.63, 3.8) is 0 Å². The number of amides is 3. The number of carbonyl (C=O) groups is 3. The second-order valence-corrected chi connectivity index (χ2v) is 12.0. The number of anilines is 2. The number of aliphatic hydroxyl groups excluding tert-OH is 1. The van der Waals surface area contributed by atoms with Crippen LogP contribution in [0.3, 0.4) is 0 Å². The van der Waals surface area contributed by atoms with Gasteiger partial charge in [0, 0.05) is 34.4 Å². The summed E-state index contributed by atoms with van der Waals surface area (Å²) < 4.78 is 12.0. The molecular formula is C29H33BrClN3O6. The zero-order chi connectivity index (χ0) is 28.4. The average molecular weight is 635 g/mol. The van der Waals surface area contributed by atoms with Crippen LogP contribution in [0.15, 0.2) is 48.5 Å². The molecule has 2 aromatic carbocycles. The number of hydrogen-bond donors (Lipinski definition) is 3. The van der Waals surface area contributed by atoms with Crippen molar-refractivity contribution < 1.29 is 29.0 Å². The lowest BCUT2D eigenvalue weighted by molar-refractivity contribution is -0.139. The first-order chi connectivity index (χ1) is 19.3. The quantitative estimate of drug-likeness (QED) is 0.252. The molecule has 11 heteroatoms. The molecule has 3 N–H and O–H groups in total. The lowest BCUT2D eigenvalue weighted by atomic mass is 9.70. The van der Waals surface area contributed by atoms with E-state index >= 15 is 0 Å². The Kier molecular flexibility index (Phi) is 8.70. The largest absolute Gasteiger partial charge is 0.494 e. The molecule has 3 saturated heterocycles. The van der Waals surface area contributed by atoms with Crippen LogP contribution in [-0.4, -0.2) is 70.1 Å². The number of benzene rings is 2. The van der Waals surface area contributed by atoms with E-state index in [1.54, 1.807) is 53.4 Å². The molecule has 40 heavy (non-hydrogen) atoms. The van der Waals surface area contributed by atoms with Gasteiger partial charge in [-0.15, -0.1) is 0 Å². The summed E-state index contributed by atoms with van der Waals surface area (Å²) in [6.07, 6.45) is 1.79. The number of halogens is 2. The molecule has 0 radical (unpaired) electrons. The number of nitrogens with one attached hydrogen (secondary N) is 2. The van der Waals surface area contributed by atoms with Crippen LogP contribution in [0.5, 0.6) is 5.75 Å². The summed E-state index contributed by atoms with van der Waals surface area (Å²) in [5, 5.41) is 15.6. The predicted octanol–water partition coefficient (Wildman–Crippen LogP) is 4.23. The van der Waals surface area contributed by atoms with Crippen LogP contribution in [-0.2, 0) is 19.1 Å². The highest BCUT2D eigenvalue weighted by Crippen LogP contribution is 2.60. The molecule has 0 saturated carbocycles. The van der Waals surface area contributed by atoms with Crippen molar-refractivity contribution in [3.05, 3.63) is 53.6 Å². The fourth-order valence-electron chi connectivity index (χ4n) is 6.31. The molecule has 3 aliphatic heterocycles. The topological polar surface area (TPSA) is 117 Å². The number of likely N-dealkylation sites (tertiary alicyclic amines) is 1. The van der Waals surface area contributed by atoms with Crippen LogP contribution in [0.2, 0.25) is 5.02 Å². The molecule has 3 aliphatic rings. The van der Waals surface area contributed by atoms with Gasteiger partial charge in [-0.25, -0.2) is 0 Å². The van der Waals surface area contributed by atoms with E-state index in [0.717, 1.165) is 0 Å². The van der Waals surface area contributed by atoms with Crippen LogP contribution in [0.4, 0.5) is 11.4 Å². The third kappa shape index (κ3) is 5.34. The molecule has 1 spiro atoms. The molecule has 9 nitrogen and oxygen atoms in total. The number of carbonyl (C=O) groups excluding carboxylic acids is 3. The standard InChI is InChI=1S/C29H33BrClN3O6/c1-2-39-20-12-10-19(11-13-20)32-26(36)22-23-28(38)34(14-4-3-5-15-35)25(29(23)16-21(30)24(22)40-29)27(37)33-18-8-6-17(31)7-9-18/h6-13,21-25,35H,2-5,14-16H2,1H3,(H,32,36)(H,33,37)/t21?,22-,23+,24-,25?,29?/m1/s1. The van der Waals surface area contributed by atoms with Crippen molar-refractivity contribution in [2.45, 2.75) is 55.2 Å². The van der Waals surface area contributed by atoms with Crippen molar-refractivity contribution in [2.24, 2.45) is 11.8 Å². The Hall–Kier alpha value is -2.66. The summed E-state index contributed by atoms with van der Waals surface area (Å²) in [7, 11) is 0. The Labute approximate surface area is 246 Å². The molecule has 6 atom stereocenters. The van der Waals surface area contributed by atoms with E-state index in [1.165, 1.54) is 0 Å². The second-order valence-electron chi connectivity index (χ2n) is 10.4. The Morgan fingerprint density at radius 1 is 1.07 bits per heavy atom. The Bertz CT molecular complexity index is 1250. The Morgan fingerprint density at radius 2 is 1.73 bits per heavy atom. The summed E-state index contributed by atoms with van der Waals surface area (Å²) in [4.78, 5) is 42.9. The highest BCUT2D eigenvalue weighted by Gasteiger charge is 2.76. The SMILES string of the molecule is CCOc1ccc(NC(=O)[C@H]2[C@@H]3OC4(CC3Br)C(C(=O)Nc3ccc(Cl)cc3)N(CCCCCO)C(=O)[C@H]24)cc1. The molecule has 0 aliphatic carbocycles. The van der Waals surface area contributed by atoms with Gasteiger partial charge in [-0.05, 0) is 81.1 Å². The number of hydrogen-bond acceptors (Lipinski definition) is 6. The minimum absolute atomic E-state index is 0.0604. The van der Waals surface area contributed by atoms with Gasteiger partial charge >= 0.3 is 0 Å². The molecule has 3 heterocycles. The third-order valence-electron chi connectivity index (χ3n) is 7.94. The van der Waals surface area contributed by atoms with Gasteiger partial charge in [0.25, 0.3) is 0 Å². The van der Waals surface area contributed by atoms with Gasteiger partial charge < -0.3 is 30.1 Å². The number of ether oxygens (including phenoxy) is 2. The first-order valence-electron chi connectivity index (χ1n) is 13.6. The van der Waals surface area contributed by atoms with Crippen LogP contribution in [0, 0.1) is 11.8 Å². The summed E-state index contributed by atoms with van der Waals surface area (Å²) >= 11 is 9.70. The molecule has 5 rings (SSSR count). The van der Waals surface area contributed by atoms with Gasteiger partial charge in [0.05, 0.1) is 24.5 Å². The second kappa shape index (κ2) is 12.1. The van der Waals surface area contributed by atoms with Crippen molar-refractivity contribution in [1.29, 1.82) is 0 Å². The number of fused-ring (bicyclic) bond motifs is 1. The molecule has 3 fully saturated rings. The molecular weight excluding hydrogens is 602 g/mol. The van der Waals surface area contributed by atoms with E-state index in [9.17, 15) is 19.5 Å². The molecule has 3 unspecified atom stereocenters. The summed E-state index contributed by atoms with van der Waals surface area (Å²) in [6, 6.07) is 12.9. The monoisotopic (exact) mass is 633 g/mol. The number of alkyl halides is 1. The summed E-state index contributed by atoms with van der Waals surface area (Å²) in [5.41, 5.74) is -0.0149. The maximum absolute atomic E-state index is 14.0. The van der Waals surface area contributed by atoms with E-state index < -0.39 is 29.6 Å². The van der Waals surface area contributed by atoms with Gasteiger partial charge in [-0.1, -0.05) is 27.5 Å². The van der Waals surface area contributed by atoms with Gasteiger partial charge in [-0.2, -0.15) is 0 Å². The molecule has 0 aromatic heterocycles. The van der Waals surface area contributed by atoms with Crippen LogP contribution >= 0.6 is 27.5 Å². The van der Waals surface area contributed by atoms with Crippen LogP contribution in [0.1, 0.15) is 32.6 Å². The maximum Gasteiger partial charge on any atom is 0.250 e. The van der Waals surface area contributed by atoms with Crippen LogP contribution in [0.25, 0.3) is 0 Å². The van der Waals surface area contributed by atoms with Crippen molar-refractivity contribution in [2.75, 3.05) is 30.4 Å². The van der Waals surface area contributed by atoms with Gasteiger partial charge in [0.2, 0.25) is 17.7 Å². The maximum atomic E-state index is 14.0. The normalized spacial score (nSPS) is 28.4. The van der Waals surface area contributed by atoms with Crippen molar-refractivity contribution >= 4 is 56.6 Å². The minimum Gasteiger partial charge on any atom is -0.494 e. The van der Waals surface area contributed by atoms with E-state index in [0.29, 0.717) is 61.0 Å². The summed E-state index contributed by atoms with van der Waals surface area (Å²) in [5.74, 6) is -1.82. The highest BCUT2D eigenvalue weighted by molar-refractivity contribution is 9.09. The smallest absolute Gasteiger partial charge is 0.250 e. The fourth-order valence-corrected chi connectivity index (χ4v) is 7.38. The van der Waals surface area contributed by atoms with E-state index in [2.05, 4.69) is 26.6 Å². The number of nitrogens with zero attached hydrogens (tertiary/aromatic N) is 1.